The Morgan fingerprint density at radius 2 is 2.43 bits per heavy atom. The average Bonchev–Trinajstić information content (AvgIpc) is 2.65. The minimum atomic E-state index is 0.118. The highest BCUT2D eigenvalue weighted by molar-refractivity contribution is 5.75. The summed E-state index contributed by atoms with van der Waals surface area (Å²) in [6, 6.07) is 0. The number of rotatable bonds is 6. The molecule has 1 aliphatic heterocycles. The molecule has 1 aliphatic rings. The summed E-state index contributed by atoms with van der Waals surface area (Å²) >= 11 is 0. The van der Waals surface area contributed by atoms with Crippen LogP contribution < -0.4 is 10.6 Å². The lowest BCUT2D eigenvalue weighted by atomic mass is 10.2. The van der Waals surface area contributed by atoms with E-state index in [2.05, 4.69) is 10.6 Å². The predicted molar refractivity (Wildman–Crippen MR) is 55.1 cm³/mol. The quantitative estimate of drug-likeness (QED) is 0.606. The van der Waals surface area contributed by atoms with Gasteiger partial charge in [-0.2, -0.15) is 0 Å². The molecular formula is C10H20N2O2. The second kappa shape index (κ2) is 6.79. The summed E-state index contributed by atoms with van der Waals surface area (Å²) in [7, 11) is 0. The van der Waals surface area contributed by atoms with Crippen LogP contribution in [0.5, 0.6) is 0 Å². The molecule has 0 bridgehead atoms. The van der Waals surface area contributed by atoms with E-state index in [-0.39, 0.29) is 5.91 Å². The number of carbonyl (C=O) groups excluding carboxylic acids is 1. The number of carbonyl (C=O) groups is 1. The van der Waals surface area contributed by atoms with Gasteiger partial charge in [0.25, 0.3) is 0 Å². The largest absolute Gasteiger partial charge is 0.377 e. The molecule has 1 fully saturated rings. The van der Waals surface area contributed by atoms with Crippen LogP contribution in [0.4, 0.5) is 0 Å². The van der Waals surface area contributed by atoms with Crippen LogP contribution in [-0.4, -0.2) is 38.3 Å². The van der Waals surface area contributed by atoms with Gasteiger partial charge in [0.2, 0.25) is 5.91 Å². The molecule has 0 aromatic heterocycles. The number of nitrogens with one attached hydrogen (secondary N) is 2. The van der Waals surface area contributed by atoms with E-state index in [4.69, 9.17) is 4.74 Å². The fourth-order valence-corrected chi connectivity index (χ4v) is 1.56. The first-order chi connectivity index (χ1) is 6.83. The Labute approximate surface area is 85.4 Å². The molecule has 0 aromatic carbocycles. The van der Waals surface area contributed by atoms with E-state index < -0.39 is 0 Å². The summed E-state index contributed by atoms with van der Waals surface area (Å²) in [5.41, 5.74) is 0. The van der Waals surface area contributed by atoms with Gasteiger partial charge >= 0.3 is 0 Å². The third kappa shape index (κ3) is 4.58. The van der Waals surface area contributed by atoms with Crippen LogP contribution in [0.2, 0.25) is 0 Å². The smallest absolute Gasteiger partial charge is 0.221 e. The van der Waals surface area contributed by atoms with E-state index >= 15 is 0 Å². The molecule has 1 heterocycles. The van der Waals surface area contributed by atoms with E-state index in [1.807, 2.05) is 6.92 Å². The van der Waals surface area contributed by atoms with Gasteiger partial charge in [-0.3, -0.25) is 4.79 Å². The molecule has 4 heteroatoms. The molecule has 4 nitrogen and oxygen atoms in total. The topological polar surface area (TPSA) is 50.4 Å². The molecule has 2 N–H and O–H groups in total. The lowest BCUT2D eigenvalue weighted by molar-refractivity contribution is -0.120. The summed E-state index contributed by atoms with van der Waals surface area (Å²) in [6.45, 7) is 5.15. The molecule has 0 radical (unpaired) electrons. The van der Waals surface area contributed by atoms with Crippen LogP contribution in [0.15, 0.2) is 0 Å². The van der Waals surface area contributed by atoms with Gasteiger partial charge in [-0.15, -0.1) is 0 Å². The monoisotopic (exact) mass is 200 g/mol. The Hall–Kier alpha value is -0.610. The van der Waals surface area contributed by atoms with Crippen LogP contribution in [-0.2, 0) is 9.53 Å². The summed E-state index contributed by atoms with van der Waals surface area (Å²) in [5, 5.41) is 5.99. The SMILES string of the molecule is CCNC(=O)CCNC[C@H]1CCCO1. The van der Waals surface area contributed by atoms with Gasteiger partial charge in [0, 0.05) is 32.7 Å². The van der Waals surface area contributed by atoms with E-state index in [0.717, 1.165) is 26.1 Å². The third-order valence-corrected chi connectivity index (χ3v) is 2.30. The van der Waals surface area contributed by atoms with E-state index in [0.29, 0.717) is 19.1 Å². The molecule has 1 rings (SSSR count). The maximum atomic E-state index is 11.1. The van der Waals surface area contributed by atoms with Crippen molar-refractivity contribution in [3.63, 3.8) is 0 Å². The third-order valence-electron chi connectivity index (χ3n) is 2.30. The van der Waals surface area contributed by atoms with Crippen molar-refractivity contribution in [1.82, 2.24) is 10.6 Å². The zero-order chi connectivity index (χ0) is 10.2. The minimum absolute atomic E-state index is 0.118. The van der Waals surface area contributed by atoms with Gasteiger partial charge < -0.3 is 15.4 Å². The van der Waals surface area contributed by atoms with Crippen molar-refractivity contribution in [3.8, 4) is 0 Å². The van der Waals surface area contributed by atoms with Crippen molar-refractivity contribution in [2.24, 2.45) is 0 Å². The Morgan fingerprint density at radius 3 is 3.07 bits per heavy atom. The average molecular weight is 200 g/mol. The zero-order valence-corrected chi connectivity index (χ0v) is 8.84. The van der Waals surface area contributed by atoms with Crippen LogP contribution >= 0.6 is 0 Å². The van der Waals surface area contributed by atoms with E-state index in [1.54, 1.807) is 0 Å². The normalized spacial score (nSPS) is 21.1. The molecule has 0 aliphatic carbocycles. The minimum Gasteiger partial charge on any atom is -0.377 e. The van der Waals surface area contributed by atoms with Gasteiger partial charge in [0.05, 0.1) is 6.10 Å². The van der Waals surface area contributed by atoms with Crippen LogP contribution in [0, 0.1) is 0 Å². The van der Waals surface area contributed by atoms with Gasteiger partial charge in [-0.25, -0.2) is 0 Å². The van der Waals surface area contributed by atoms with Crippen molar-refractivity contribution in [2.45, 2.75) is 32.3 Å². The van der Waals surface area contributed by atoms with Crippen LogP contribution in [0.1, 0.15) is 26.2 Å². The van der Waals surface area contributed by atoms with Crippen molar-refractivity contribution >= 4 is 5.91 Å². The number of hydrogen-bond donors (Lipinski definition) is 2. The second-order valence-electron chi connectivity index (χ2n) is 3.54. The lowest BCUT2D eigenvalue weighted by Gasteiger charge is -2.10. The first-order valence-electron chi connectivity index (χ1n) is 5.42. The maximum Gasteiger partial charge on any atom is 0.221 e. The Balaban J connectivity index is 1.90. The molecule has 82 valence electrons. The van der Waals surface area contributed by atoms with Crippen LogP contribution in [0.25, 0.3) is 0 Å². The number of ether oxygens (including phenoxy) is 1. The highest BCUT2D eigenvalue weighted by Crippen LogP contribution is 2.10. The van der Waals surface area contributed by atoms with Gasteiger partial charge in [-0.1, -0.05) is 0 Å². The second-order valence-corrected chi connectivity index (χ2v) is 3.54. The molecule has 1 atom stereocenters. The summed E-state index contributed by atoms with van der Waals surface area (Å²) in [5.74, 6) is 0.118. The van der Waals surface area contributed by atoms with Crippen molar-refractivity contribution in [2.75, 3.05) is 26.2 Å². The van der Waals surface area contributed by atoms with Crippen molar-refractivity contribution < 1.29 is 9.53 Å². The zero-order valence-electron chi connectivity index (χ0n) is 8.84. The van der Waals surface area contributed by atoms with Crippen LogP contribution in [0.3, 0.4) is 0 Å². The highest BCUT2D eigenvalue weighted by Gasteiger charge is 2.14. The fourth-order valence-electron chi connectivity index (χ4n) is 1.56. The summed E-state index contributed by atoms with van der Waals surface area (Å²) < 4.78 is 5.44. The van der Waals surface area contributed by atoms with Gasteiger partial charge in [0.15, 0.2) is 0 Å². The van der Waals surface area contributed by atoms with Gasteiger partial charge in [0.1, 0.15) is 0 Å². The standard InChI is InChI=1S/C10H20N2O2/c1-2-12-10(13)5-6-11-8-9-4-3-7-14-9/h9,11H,2-8H2,1H3,(H,12,13)/t9-/m1/s1. The first-order valence-corrected chi connectivity index (χ1v) is 5.42. The van der Waals surface area contributed by atoms with Crippen molar-refractivity contribution in [1.29, 1.82) is 0 Å². The summed E-state index contributed by atoms with van der Waals surface area (Å²) in [4.78, 5) is 11.1. The molecule has 0 unspecified atom stereocenters. The molecule has 0 spiro atoms. The number of amides is 1. The predicted octanol–water partition coefficient (Wildman–Crippen LogP) is 0.281. The Morgan fingerprint density at radius 1 is 1.57 bits per heavy atom. The summed E-state index contributed by atoms with van der Waals surface area (Å²) in [6.07, 6.45) is 3.24. The molecule has 0 saturated carbocycles. The highest BCUT2D eigenvalue weighted by atomic mass is 16.5. The Bertz CT molecular complexity index is 168. The molecule has 1 amide bonds. The maximum absolute atomic E-state index is 11.1. The van der Waals surface area contributed by atoms with Crippen molar-refractivity contribution in [3.05, 3.63) is 0 Å². The fraction of sp³-hybridized carbons (Fsp3) is 0.900. The number of hydrogen-bond acceptors (Lipinski definition) is 3. The lowest BCUT2D eigenvalue weighted by Crippen LogP contribution is -2.31. The molecule has 0 aromatic rings. The molecule has 14 heavy (non-hydrogen) atoms. The van der Waals surface area contributed by atoms with Gasteiger partial charge in [-0.05, 0) is 19.8 Å². The first kappa shape index (κ1) is 11.5. The van der Waals surface area contributed by atoms with E-state index in [9.17, 15) is 4.79 Å². The Kier molecular flexibility index (Phi) is 5.56. The molecule has 1 saturated heterocycles. The molecular weight excluding hydrogens is 180 g/mol. The van der Waals surface area contributed by atoms with E-state index in [1.165, 1.54) is 6.42 Å².